The van der Waals surface area contributed by atoms with Crippen molar-refractivity contribution in [1.29, 1.82) is 0 Å². The monoisotopic (exact) mass is 405 g/mol. The molecule has 0 radical (unpaired) electrons. The molecule has 0 saturated carbocycles. The molecule has 1 aromatic heterocycles. The van der Waals surface area contributed by atoms with Crippen LogP contribution in [-0.4, -0.2) is 10.8 Å². The summed E-state index contributed by atoms with van der Waals surface area (Å²) in [7, 11) is 0. The van der Waals surface area contributed by atoms with Crippen molar-refractivity contribution in [2.75, 3.05) is 0 Å². The molecule has 0 spiro atoms. The summed E-state index contributed by atoms with van der Waals surface area (Å²) in [5, 5.41) is 1.06. The molecular weight excluding hydrogens is 385 g/mol. The molecule has 0 unspecified atom stereocenters. The lowest BCUT2D eigenvalue weighted by Gasteiger charge is -2.31. The molecule has 1 aliphatic rings. The number of carbonyl (C=O) groups is 1. The zero-order valence-corrected chi connectivity index (χ0v) is 15.7. The van der Waals surface area contributed by atoms with Crippen LogP contribution in [0.1, 0.15) is 53.0 Å². The van der Waals surface area contributed by atoms with E-state index >= 15 is 0 Å². The number of aromatic nitrogens is 1. The van der Waals surface area contributed by atoms with Gasteiger partial charge in [0.2, 0.25) is 0 Å². The second-order valence-corrected chi connectivity index (χ2v) is 8.43. The molecule has 0 N–H and O–H groups in total. The molecule has 0 fully saturated rings. The topological polar surface area (TPSA) is 30.0 Å². The number of carbonyl (C=O) groups excluding carboxylic acids is 1. The van der Waals surface area contributed by atoms with Crippen molar-refractivity contribution < 1.29 is 4.79 Å². The third kappa shape index (κ3) is 2.49. The quantitative estimate of drug-likeness (QED) is 0.594. The lowest BCUT2D eigenvalue weighted by Crippen LogP contribution is -2.29. The number of rotatable bonds is 1. The van der Waals surface area contributed by atoms with E-state index in [1.54, 1.807) is 0 Å². The van der Waals surface area contributed by atoms with Gasteiger partial charge in [-0.1, -0.05) is 32.1 Å². The Labute approximate surface area is 145 Å². The van der Waals surface area contributed by atoms with Gasteiger partial charge in [0, 0.05) is 26.5 Å². The number of fused-ring (bicyclic) bond motifs is 2. The van der Waals surface area contributed by atoms with Gasteiger partial charge in [-0.3, -0.25) is 9.78 Å². The second-order valence-electron chi connectivity index (χ2n) is 7.13. The maximum atomic E-state index is 12.8. The summed E-state index contributed by atoms with van der Waals surface area (Å²) in [4.78, 5) is 17.6. The van der Waals surface area contributed by atoms with E-state index in [9.17, 15) is 4.79 Å². The van der Waals surface area contributed by atoms with Crippen molar-refractivity contribution >= 4 is 42.9 Å². The highest BCUT2D eigenvalue weighted by molar-refractivity contribution is 14.1. The van der Waals surface area contributed by atoms with E-state index in [-0.39, 0.29) is 11.2 Å². The Morgan fingerprint density at radius 1 is 1.27 bits per heavy atom. The number of aryl methyl sites for hydroxylation is 2. The largest absolute Gasteiger partial charge is 0.294 e. The van der Waals surface area contributed by atoms with Gasteiger partial charge in [-0.2, -0.15) is 0 Å². The van der Waals surface area contributed by atoms with E-state index in [1.807, 2.05) is 0 Å². The smallest absolute Gasteiger partial charge is 0.165 e. The van der Waals surface area contributed by atoms with Gasteiger partial charge in [0.15, 0.2) is 5.78 Å². The highest BCUT2D eigenvalue weighted by Gasteiger charge is 2.34. The maximum absolute atomic E-state index is 12.8. The number of hydrogen-bond acceptors (Lipinski definition) is 2. The molecule has 3 rings (SSSR count). The van der Waals surface area contributed by atoms with Crippen molar-refractivity contribution in [2.45, 2.75) is 40.5 Å². The van der Waals surface area contributed by atoms with Gasteiger partial charge in [-0.15, -0.1) is 0 Å². The number of hydrogen-bond donors (Lipinski definition) is 0. The average molecular weight is 405 g/mol. The number of benzene rings is 1. The number of pyridine rings is 1. The summed E-state index contributed by atoms with van der Waals surface area (Å²) in [6.07, 6.45) is 1.42. The van der Waals surface area contributed by atoms with Gasteiger partial charge in [0.05, 0.1) is 11.2 Å². The number of Topliss-reactive ketones (excluding diaryl/α,β-unsaturated/α-hetero) is 1. The fraction of sp³-hybridized carbons (Fsp3) is 0.368. The predicted molar refractivity (Wildman–Crippen MR) is 101 cm³/mol. The van der Waals surface area contributed by atoms with Crippen LogP contribution in [0.25, 0.3) is 14.5 Å². The van der Waals surface area contributed by atoms with Crippen LogP contribution < -0.4 is 0 Å². The summed E-state index contributed by atoms with van der Waals surface area (Å²) in [6.45, 7) is 12.6. The molecule has 22 heavy (non-hydrogen) atoms. The number of halogens is 1. The van der Waals surface area contributed by atoms with Crippen LogP contribution in [0, 0.1) is 19.3 Å². The minimum absolute atomic E-state index is 0.0206. The van der Waals surface area contributed by atoms with Crippen LogP contribution >= 0.6 is 22.6 Å². The number of nitrogens with zero attached hydrogens (tertiary/aromatic N) is 1. The van der Waals surface area contributed by atoms with Crippen molar-refractivity contribution in [2.24, 2.45) is 5.41 Å². The van der Waals surface area contributed by atoms with Crippen LogP contribution in [0.15, 0.2) is 18.7 Å². The van der Waals surface area contributed by atoms with Gasteiger partial charge in [-0.05, 0) is 59.9 Å². The Balaban J connectivity index is 2.47. The van der Waals surface area contributed by atoms with E-state index in [0.717, 1.165) is 43.3 Å². The van der Waals surface area contributed by atoms with E-state index in [1.165, 1.54) is 5.56 Å². The molecule has 114 valence electrons. The fourth-order valence-electron chi connectivity index (χ4n) is 3.52. The van der Waals surface area contributed by atoms with Crippen LogP contribution in [0.4, 0.5) is 0 Å². The first kappa shape index (κ1) is 15.7. The van der Waals surface area contributed by atoms with E-state index in [4.69, 9.17) is 4.98 Å². The SMILES string of the molecule is C=C(I)c1c2c(nc3c(C)cc(C)cc13)CC(C)(C)CC2=O. The Morgan fingerprint density at radius 2 is 1.95 bits per heavy atom. The minimum atomic E-state index is -0.0206. The molecule has 0 atom stereocenters. The van der Waals surface area contributed by atoms with E-state index < -0.39 is 0 Å². The van der Waals surface area contributed by atoms with Gasteiger partial charge in [0.25, 0.3) is 0 Å². The Kier molecular flexibility index (Phi) is 3.67. The Morgan fingerprint density at radius 3 is 2.59 bits per heavy atom. The Bertz CT molecular complexity index is 833. The van der Waals surface area contributed by atoms with Crippen molar-refractivity contribution in [3.05, 3.63) is 46.7 Å². The zero-order chi connectivity index (χ0) is 16.2. The van der Waals surface area contributed by atoms with Gasteiger partial charge < -0.3 is 0 Å². The third-order valence-electron chi connectivity index (χ3n) is 4.33. The first-order chi connectivity index (χ1) is 10.2. The van der Waals surface area contributed by atoms with Gasteiger partial charge >= 0.3 is 0 Å². The molecule has 0 aliphatic heterocycles. The van der Waals surface area contributed by atoms with E-state index in [0.29, 0.717) is 6.42 Å². The van der Waals surface area contributed by atoms with Crippen molar-refractivity contribution in [3.8, 4) is 0 Å². The molecule has 0 bridgehead atoms. The summed E-state index contributed by atoms with van der Waals surface area (Å²) in [5.74, 6) is 0.202. The summed E-state index contributed by atoms with van der Waals surface area (Å²) < 4.78 is 0.916. The minimum Gasteiger partial charge on any atom is -0.294 e. The zero-order valence-electron chi connectivity index (χ0n) is 13.5. The van der Waals surface area contributed by atoms with Crippen LogP contribution in [-0.2, 0) is 6.42 Å². The summed E-state index contributed by atoms with van der Waals surface area (Å²) >= 11 is 2.23. The lowest BCUT2D eigenvalue weighted by molar-refractivity contribution is 0.0910. The molecule has 2 nitrogen and oxygen atoms in total. The highest BCUT2D eigenvalue weighted by atomic mass is 127. The molecule has 1 aliphatic carbocycles. The van der Waals surface area contributed by atoms with E-state index in [2.05, 4.69) is 69.0 Å². The van der Waals surface area contributed by atoms with Crippen LogP contribution in [0.5, 0.6) is 0 Å². The summed E-state index contributed by atoms with van der Waals surface area (Å²) in [6, 6.07) is 4.28. The van der Waals surface area contributed by atoms with Crippen molar-refractivity contribution in [1.82, 2.24) is 4.98 Å². The normalized spacial score (nSPS) is 16.7. The first-order valence-corrected chi connectivity index (χ1v) is 8.59. The van der Waals surface area contributed by atoms with Crippen molar-refractivity contribution in [3.63, 3.8) is 0 Å². The maximum Gasteiger partial charge on any atom is 0.165 e. The molecular formula is C19H20INO. The summed E-state index contributed by atoms with van der Waals surface area (Å²) in [5.41, 5.74) is 6.06. The van der Waals surface area contributed by atoms with Crippen LogP contribution in [0.3, 0.4) is 0 Å². The standard InChI is InChI=1S/C19H20INO/c1-10-6-11(2)18-13(7-10)16(12(3)20)17-14(21-18)8-19(4,5)9-15(17)22/h6-7H,3,8-9H2,1-2,4-5H3. The lowest BCUT2D eigenvalue weighted by atomic mass is 9.74. The highest BCUT2D eigenvalue weighted by Crippen LogP contribution is 2.41. The molecule has 0 amide bonds. The molecule has 1 aromatic carbocycles. The van der Waals surface area contributed by atoms with Gasteiger partial charge in [-0.25, -0.2) is 0 Å². The van der Waals surface area contributed by atoms with Crippen LogP contribution in [0.2, 0.25) is 0 Å². The predicted octanol–water partition coefficient (Wildman–Crippen LogP) is 5.41. The molecule has 2 aromatic rings. The third-order valence-corrected chi connectivity index (χ3v) is 4.87. The molecule has 0 saturated heterocycles. The fourth-order valence-corrected chi connectivity index (χ4v) is 4.08. The molecule has 1 heterocycles. The first-order valence-electron chi connectivity index (χ1n) is 7.51. The number of ketones is 1. The molecule has 3 heteroatoms. The Hall–Kier alpha value is -1.23. The average Bonchev–Trinajstić information content (AvgIpc) is 2.35. The second kappa shape index (κ2) is 5.15. The van der Waals surface area contributed by atoms with Gasteiger partial charge in [0.1, 0.15) is 0 Å².